The van der Waals surface area contributed by atoms with Crippen molar-refractivity contribution in [2.75, 3.05) is 19.7 Å². The summed E-state index contributed by atoms with van der Waals surface area (Å²) in [6, 6.07) is 5.24. The Kier molecular flexibility index (Phi) is 7.79. The van der Waals surface area contributed by atoms with Crippen LogP contribution in [0.2, 0.25) is 0 Å². The molecule has 27 heavy (non-hydrogen) atoms. The van der Waals surface area contributed by atoms with Crippen molar-refractivity contribution in [3.05, 3.63) is 29.8 Å². The molecule has 1 N–H and O–H groups in total. The number of benzene rings is 1. The number of hydrogen-bond acceptors (Lipinski definition) is 5. The maximum atomic E-state index is 12.2. The molecule has 1 aliphatic heterocycles. The molecule has 1 saturated heterocycles. The number of nitrogens with one attached hydrogen (secondary N) is 1. The quantitative estimate of drug-likeness (QED) is 0.745. The summed E-state index contributed by atoms with van der Waals surface area (Å²) < 4.78 is 31.8. The lowest BCUT2D eigenvalue weighted by Crippen LogP contribution is -2.36. The fraction of sp³-hybridized carbons (Fsp3) is 0.579. The number of carbonyl (C=O) groups excluding carboxylic acids is 2. The van der Waals surface area contributed by atoms with Crippen molar-refractivity contribution >= 4 is 21.9 Å². The maximum Gasteiger partial charge on any atom is 0.338 e. The van der Waals surface area contributed by atoms with Gasteiger partial charge in [-0.25, -0.2) is 17.9 Å². The zero-order chi connectivity index (χ0) is 19.9. The van der Waals surface area contributed by atoms with Crippen LogP contribution in [0.3, 0.4) is 0 Å². The number of likely N-dealkylation sites (tertiary alicyclic amines) is 1. The molecular formula is C19H28N2O5S. The number of ether oxygens (including phenoxy) is 1. The van der Waals surface area contributed by atoms with Crippen LogP contribution >= 0.6 is 0 Å². The molecule has 0 radical (unpaired) electrons. The zero-order valence-electron chi connectivity index (χ0n) is 15.9. The molecule has 0 bridgehead atoms. The topological polar surface area (TPSA) is 92.8 Å². The van der Waals surface area contributed by atoms with E-state index in [0.29, 0.717) is 13.1 Å². The summed E-state index contributed by atoms with van der Waals surface area (Å²) in [6.07, 6.45) is 5.38. The van der Waals surface area contributed by atoms with E-state index < -0.39 is 16.0 Å². The molecule has 1 fully saturated rings. The van der Waals surface area contributed by atoms with Gasteiger partial charge in [-0.15, -0.1) is 0 Å². The van der Waals surface area contributed by atoms with Crippen molar-refractivity contribution in [3.8, 4) is 0 Å². The van der Waals surface area contributed by atoms with Gasteiger partial charge in [0, 0.05) is 19.1 Å². The second kappa shape index (κ2) is 9.85. The van der Waals surface area contributed by atoms with Gasteiger partial charge in [-0.2, -0.15) is 0 Å². The lowest BCUT2D eigenvalue weighted by Gasteiger charge is -2.24. The van der Waals surface area contributed by atoms with Gasteiger partial charge >= 0.3 is 5.97 Å². The van der Waals surface area contributed by atoms with E-state index in [2.05, 4.69) is 4.72 Å². The number of hydrogen-bond donors (Lipinski definition) is 1. The van der Waals surface area contributed by atoms with Crippen LogP contribution in [0.5, 0.6) is 0 Å². The van der Waals surface area contributed by atoms with E-state index in [-0.39, 0.29) is 29.0 Å². The summed E-state index contributed by atoms with van der Waals surface area (Å²) in [6.45, 7) is 4.56. The average molecular weight is 397 g/mol. The molecule has 7 nitrogen and oxygen atoms in total. The molecule has 1 amide bonds. The minimum absolute atomic E-state index is 0.0736. The van der Waals surface area contributed by atoms with Gasteiger partial charge in [-0.05, 0) is 51.0 Å². The van der Waals surface area contributed by atoms with E-state index in [1.807, 2.05) is 0 Å². The number of carbonyl (C=O) groups is 2. The van der Waals surface area contributed by atoms with Gasteiger partial charge in [0.05, 0.1) is 10.5 Å². The smallest absolute Gasteiger partial charge is 0.338 e. The summed E-state index contributed by atoms with van der Waals surface area (Å²) in [4.78, 5) is 26.2. The third-order valence-electron chi connectivity index (χ3n) is 4.33. The predicted molar refractivity (Wildman–Crippen MR) is 102 cm³/mol. The highest BCUT2D eigenvalue weighted by atomic mass is 32.2. The first-order valence-electron chi connectivity index (χ1n) is 9.37. The average Bonchev–Trinajstić information content (AvgIpc) is 2.58. The van der Waals surface area contributed by atoms with Crippen molar-refractivity contribution in [3.63, 3.8) is 0 Å². The molecule has 0 spiro atoms. The predicted octanol–water partition coefficient (Wildman–Crippen LogP) is 2.32. The molecule has 1 aromatic rings. The third-order valence-corrected chi connectivity index (χ3v) is 6.00. The number of esters is 1. The van der Waals surface area contributed by atoms with Gasteiger partial charge in [0.2, 0.25) is 10.0 Å². The Balaban J connectivity index is 1.91. The highest BCUT2D eigenvalue weighted by molar-refractivity contribution is 7.89. The van der Waals surface area contributed by atoms with Gasteiger partial charge in [0.25, 0.3) is 5.91 Å². The first kappa shape index (κ1) is 21.4. The molecule has 1 heterocycles. The first-order chi connectivity index (χ1) is 12.8. The van der Waals surface area contributed by atoms with E-state index >= 15 is 0 Å². The molecule has 2 rings (SSSR count). The van der Waals surface area contributed by atoms with E-state index in [4.69, 9.17) is 4.74 Å². The summed E-state index contributed by atoms with van der Waals surface area (Å²) in [5.74, 6) is -0.832. The highest BCUT2D eigenvalue weighted by Gasteiger charge is 2.19. The van der Waals surface area contributed by atoms with E-state index in [9.17, 15) is 18.0 Å². The second-order valence-corrected chi connectivity index (χ2v) is 8.74. The van der Waals surface area contributed by atoms with Crippen LogP contribution in [0.1, 0.15) is 56.3 Å². The first-order valence-corrected chi connectivity index (χ1v) is 10.9. The Hall–Kier alpha value is -1.93. The molecule has 1 aliphatic rings. The van der Waals surface area contributed by atoms with E-state index in [1.165, 1.54) is 30.7 Å². The summed E-state index contributed by atoms with van der Waals surface area (Å²) >= 11 is 0. The molecule has 8 heteroatoms. The van der Waals surface area contributed by atoms with Crippen LogP contribution in [-0.4, -0.2) is 50.9 Å². The fourth-order valence-electron chi connectivity index (χ4n) is 2.95. The Morgan fingerprint density at radius 1 is 1.04 bits per heavy atom. The van der Waals surface area contributed by atoms with Crippen molar-refractivity contribution in [2.24, 2.45) is 0 Å². The van der Waals surface area contributed by atoms with Gasteiger partial charge in [0.1, 0.15) is 0 Å². The molecule has 150 valence electrons. The number of rotatable bonds is 6. The molecular weight excluding hydrogens is 368 g/mol. The van der Waals surface area contributed by atoms with Gasteiger partial charge in [-0.1, -0.05) is 19.3 Å². The Bertz CT molecular complexity index is 736. The van der Waals surface area contributed by atoms with Crippen LogP contribution in [0, 0.1) is 0 Å². The molecule has 0 saturated carbocycles. The largest absolute Gasteiger partial charge is 0.452 e. The van der Waals surface area contributed by atoms with Crippen molar-refractivity contribution in [1.82, 2.24) is 9.62 Å². The highest BCUT2D eigenvalue weighted by Crippen LogP contribution is 2.13. The van der Waals surface area contributed by atoms with Crippen LogP contribution < -0.4 is 4.72 Å². The second-order valence-electron chi connectivity index (χ2n) is 7.03. The molecule has 1 aromatic carbocycles. The molecule has 0 aromatic heterocycles. The molecule has 0 unspecified atom stereocenters. The van der Waals surface area contributed by atoms with Crippen molar-refractivity contribution in [1.29, 1.82) is 0 Å². The third kappa shape index (κ3) is 6.62. The minimum Gasteiger partial charge on any atom is -0.452 e. The monoisotopic (exact) mass is 396 g/mol. The number of nitrogens with zero attached hydrogens (tertiary/aromatic N) is 1. The van der Waals surface area contributed by atoms with Crippen LogP contribution in [0.25, 0.3) is 0 Å². The standard InChI is InChI=1S/C19H28N2O5S/c1-15(2)20-27(24,25)17-10-8-16(9-11-17)19(23)26-14-18(22)21-12-6-4-3-5-7-13-21/h8-11,15,20H,3-7,12-14H2,1-2H3. The van der Waals surface area contributed by atoms with Crippen LogP contribution in [0.15, 0.2) is 29.2 Å². The van der Waals surface area contributed by atoms with Gasteiger partial charge < -0.3 is 9.64 Å². The van der Waals surface area contributed by atoms with Gasteiger partial charge in [0.15, 0.2) is 6.61 Å². The summed E-state index contributed by atoms with van der Waals surface area (Å²) in [5, 5.41) is 0. The Morgan fingerprint density at radius 2 is 1.59 bits per heavy atom. The summed E-state index contributed by atoms with van der Waals surface area (Å²) in [7, 11) is -3.61. The van der Waals surface area contributed by atoms with Crippen molar-refractivity contribution in [2.45, 2.75) is 56.9 Å². The zero-order valence-corrected chi connectivity index (χ0v) is 16.8. The Morgan fingerprint density at radius 3 is 2.15 bits per heavy atom. The SMILES string of the molecule is CC(C)NS(=O)(=O)c1ccc(C(=O)OCC(=O)N2CCCCCCC2)cc1. The number of amides is 1. The summed E-state index contributed by atoms with van der Waals surface area (Å²) in [5.41, 5.74) is 0.207. The normalized spacial score (nSPS) is 15.9. The molecule has 0 atom stereocenters. The minimum atomic E-state index is -3.61. The lowest BCUT2D eigenvalue weighted by atomic mass is 10.1. The van der Waals surface area contributed by atoms with Crippen LogP contribution in [0.4, 0.5) is 0 Å². The van der Waals surface area contributed by atoms with Crippen LogP contribution in [-0.2, 0) is 19.6 Å². The number of sulfonamides is 1. The maximum absolute atomic E-state index is 12.2. The Labute approximate surface area is 161 Å². The van der Waals surface area contributed by atoms with Crippen molar-refractivity contribution < 1.29 is 22.7 Å². The van der Waals surface area contributed by atoms with E-state index in [0.717, 1.165) is 25.7 Å². The molecule has 0 aliphatic carbocycles. The van der Waals surface area contributed by atoms with Gasteiger partial charge in [-0.3, -0.25) is 4.79 Å². The lowest BCUT2D eigenvalue weighted by molar-refractivity contribution is -0.134. The fourth-order valence-corrected chi connectivity index (χ4v) is 4.20. The van der Waals surface area contributed by atoms with E-state index in [1.54, 1.807) is 18.7 Å².